The number of hydrogen-bond donors (Lipinski definition) is 1. The number of nitrogens with zero attached hydrogens (tertiary/aromatic N) is 1. The fourth-order valence-electron chi connectivity index (χ4n) is 2.30. The Morgan fingerprint density at radius 1 is 1.31 bits per heavy atom. The first kappa shape index (κ1) is 11.0. The average Bonchev–Trinajstić information content (AvgIpc) is 2.31. The lowest BCUT2D eigenvalue weighted by Crippen LogP contribution is -2.37. The van der Waals surface area contributed by atoms with Gasteiger partial charge in [0.2, 0.25) is 6.41 Å². The van der Waals surface area contributed by atoms with Gasteiger partial charge in [-0.3, -0.25) is 4.79 Å². The van der Waals surface area contributed by atoms with Crippen LogP contribution in [0.15, 0.2) is 24.3 Å². The van der Waals surface area contributed by atoms with Crippen LogP contribution >= 0.6 is 0 Å². The van der Waals surface area contributed by atoms with E-state index in [1.165, 1.54) is 24.9 Å². The van der Waals surface area contributed by atoms with E-state index in [1.54, 1.807) is 0 Å². The zero-order chi connectivity index (χ0) is 11.4. The van der Waals surface area contributed by atoms with Gasteiger partial charge in [0.25, 0.3) is 0 Å². The molecule has 3 heteroatoms. The molecule has 1 heterocycles. The van der Waals surface area contributed by atoms with E-state index in [2.05, 4.69) is 29.3 Å². The SMILES string of the molecule is CC1CCCCN1c1ccc(NC=O)cc1. The molecule has 3 nitrogen and oxygen atoms in total. The van der Waals surface area contributed by atoms with Gasteiger partial charge in [0.15, 0.2) is 0 Å². The molecule has 1 aliphatic heterocycles. The van der Waals surface area contributed by atoms with E-state index in [9.17, 15) is 4.79 Å². The zero-order valence-corrected chi connectivity index (χ0v) is 9.65. The Bertz CT molecular complexity index is 347. The van der Waals surface area contributed by atoms with Gasteiger partial charge in [0.05, 0.1) is 0 Å². The summed E-state index contributed by atoms with van der Waals surface area (Å²) in [6.07, 6.45) is 4.59. The Morgan fingerprint density at radius 2 is 2.06 bits per heavy atom. The summed E-state index contributed by atoms with van der Waals surface area (Å²) in [6.45, 7) is 3.42. The first-order valence-corrected chi connectivity index (χ1v) is 5.88. The molecule has 0 radical (unpaired) electrons. The fraction of sp³-hybridized carbons (Fsp3) is 0.462. The van der Waals surface area contributed by atoms with Crippen molar-refractivity contribution in [3.8, 4) is 0 Å². The highest BCUT2D eigenvalue weighted by atomic mass is 16.1. The van der Waals surface area contributed by atoms with Crippen molar-refractivity contribution in [2.75, 3.05) is 16.8 Å². The normalized spacial score (nSPS) is 20.6. The minimum absolute atomic E-state index is 0.624. The molecule has 1 fully saturated rings. The maximum absolute atomic E-state index is 10.3. The summed E-state index contributed by atoms with van der Waals surface area (Å²) in [5.41, 5.74) is 2.10. The van der Waals surface area contributed by atoms with Gasteiger partial charge in [0.1, 0.15) is 0 Å². The summed E-state index contributed by atoms with van der Waals surface area (Å²) in [6, 6.07) is 8.68. The molecular weight excluding hydrogens is 200 g/mol. The third-order valence-corrected chi connectivity index (χ3v) is 3.23. The molecule has 0 saturated carbocycles. The van der Waals surface area contributed by atoms with Gasteiger partial charge in [-0.2, -0.15) is 0 Å². The summed E-state index contributed by atoms with van der Waals surface area (Å²) in [7, 11) is 0. The highest BCUT2D eigenvalue weighted by molar-refractivity contribution is 5.72. The van der Waals surface area contributed by atoms with Crippen LogP contribution in [0.3, 0.4) is 0 Å². The predicted molar refractivity (Wildman–Crippen MR) is 66.8 cm³/mol. The third-order valence-electron chi connectivity index (χ3n) is 3.23. The van der Waals surface area contributed by atoms with Gasteiger partial charge in [-0.25, -0.2) is 0 Å². The van der Waals surface area contributed by atoms with Crippen LogP contribution in [0.2, 0.25) is 0 Å². The minimum Gasteiger partial charge on any atom is -0.369 e. The average molecular weight is 218 g/mol. The van der Waals surface area contributed by atoms with Crippen LogP contribution in [0.25, 0.3) is 0 Å². The van der Waals surface area contributed by atoms with Crippen LogP contribution in [-0.4, -0.2) is 19.0 Å². The molecule has 0 bridgehead atoms. The second kappa shape index (κ2) is 5.01. The molecule has 2 rings (SSSR count). The van der Waals surface area contributed by atoms with Crippen molar-refractivity contribution in [1.82, 2.24) is 0 Å². The lowest BCUT2D eigenvalue weighted by Gasteiger charge is -2.35. The molecule has 0 spiro atoms. The van der Waals surface area contributed by atoms with Crippen molar-refractivity contribution in [3.05, 3.63) is 24.3 Å². The number of piperidine rings is 1. The Kier molecular flexibility index (Phi) is 3.44. The quantitative estimate of drug-likeness (QED) is 0.791. The minimum atomic E-state index is 0.624. The number of amides is 1. The smallest absolute Gasteiger partial charge is 0.211 e. The van der Waals surface area contributed by atoms with Crippen LogP contribution in [0, 0.1) is 0 Å². The third kappa shape index (κ3) is 2.35. The topological polar surface area (TPSA) is 32.3 Å². The summed E-state index contributed by atoms with van der Waals surface area (Å²) in [4.78, 5) is 12.7. The van der Waals surface area contributed by atoms with Crippen molar-refractivity contribution in [3.63, 3.8) is 0 Å². The van der Waals surface area contributed by atoms with Gasteiger partial charge >= 0.3 is 0 Å². The maximum Gasteiger partial charge on any atom is 0.211 e. The van der Waals surface area contributed by atoms with E-state index in [1.807, 2.05) is 12.1 Å². The number of nitrogens with one attached hydrogen (secondary N) is 1. The van der Waals surface area contributed by atoms with Crippen molar-refractivity contribution in [2.24, 2.45) is 0 Å². The number of benzene rings is 1. The lowest BCUT2D eigenvalue weighted by atomic mass is 10.0. The molecule has 1 amide bonds. The van der Waals surface area contributed by atoms with Crippen LogP contribution in [0.1, 0.15) is 26.2 Å². The second-order valence-electron chi connectivity index (χ2n) is 4.35. The van der Waals surface area contributed by atoms with E-state index in [-0.39, 0.29) is 0 Å². The number of carbonyl (C=O) groups is 1. The molecule has 1 aromatic carbocycles. The Labute approximate surface area is 96.5 Å². The number of anilines is 2. The molecule has 0 aromatic heterocycles. The fourth-order valence-corrected chi connectivity index (χ4v) is 2.30. The largest absolute Gasteiger partial charge is 0.369 e. The monoisotopic (exact) mass is 218 g/mol. The summed E-state index contributed by atoms with van der Waals surface area (Å²) >= 11 is 0. The van der Waals surface area contributed by atoms with Crippen molar-refractivity contribution in [1.29, 1.82) is 0 Å². The van der Waals surface area contributed by atoms with Crippen molar-refractivity contribution in [2.45, 2.75) is 32.2 Å². The Balaban J connectivity index is 2.10. The molecule has 0 aliphatic carbocycles. The molecule has 1 aliphatic rings. The maximum atomic E-state index is 10.3. The van der Waals surface area contributed by atoms with E-state index >= 15 is 0 Å². The van der Waals surface area contributed by atoms with Crippen LogP contribution in [-0.2, 0) is 4.79 Å². The molecule has 1 saturated heterocycles. The second-order valence-corrected chi connectivity index (χ2v) is 4.35. The van der Waals surface area contributed by atoms with E-state index in [4.69, 9.17) is 0 Å². The van der Waals surface area contributed by atoms with Crippen molar-refractivity contribution < 1.29 is 4.79 Å². The standard InChI is InChI=1S/C13H18N2O/c1-11-4-2-3-9-15(11)13-7-5-12(6-8-13)14-10-16/h5-8,10-11H,2-4,9H2,1H3,(H,14,16). The zero-order valence-electron chi connectivity index (χ0n) is 9.65. The summed E-state index contributed by atoms with van der Waals surface area (Å²) in [5, 5.41) is 2.65. The van der Waals surface area contributed by atoms with E-state index < -0.39 is 0 Å². The molecule has 1 atom stereocenters. The van der Waals surface area contributed by atoms with Crippen LogP contribution in [0.4, 0.5) is 11.4 Å². The molecule has 16 heavy (non-hydrogen) atoms. The van der Waals surface area contributed by atoms with Gasteiger partial charge in [-0.1, -0.05) is 0 Å². The first-order valence-electron chi connectivity index (χ1n) is 5.88. The molecule has 1 N–H and O–H groups in total. The Hall–Kier alpha value is -1.51. The van der Waals surface area contributed by atoms with Gasteiger partial charge in [0, 0.05) is 24.0 Å². The van der Waals surface area contributed by atoms with Crippen LogP contribution in [0.5, 0.6) is 0 Å². The predicted octanol–water partition coefficient (Wildman–Crippen LogP) is 2.63. The number of carbonyl (C=O) groups excluding carboxylic acids is 1. The molecule has 1 unspecified atom stereocenters. The Morgan fingerprint density at radius 3 is 2.69 bits per heavy atom. The highest BCUT2D eigenvalue weighted by Gasteiger charge is 2.17. The number of rotatable bonds is 3. The van der Waals surface area contributed by atoms with E-state index in [0.717, 1.165) is 12.2 Å². The molecular formula is C13H18N2O. The number of hydrogen-bond acceptors (Lipinski definition) is 2. The van der Waals surface area contributed by atoms with Crippen LogP contribution < -0.4 is 10.2 Å². The summed E-state index contributed by atoms with van der Waals surface area (Å²) in [5.74, 6) is 0. The highest BCUT2D eigenvalue weighted by Crippen LogP contribution is 2.25. The van der Waals surface area contributed by atoms with Gasteiger partial charge < -0.3 is 10.2 Å². The lowest BCUT2D eigenvalue weighted by molar-refractivity contribution is -0.105. The van der Waals surface area contributed by atoms with Gasteiger partial charge in [-0.05, 0) is 50.5 Å². The summed E-state index contributed by atoms with van der Waals surface area (Å²) < 4.78 is 0. The first-order chi connectivity index (χ1) is 7.81. The molecule has 1 aromatic rings. The molecule has 86 valence electrons. The van der Waals surface area contributed by atoms with Crippen molar-refractivity contribution >= 4 is 17.8 Å². The van der Waals surface area contributed by atoms with Gasteiger partial charge in [-0.15, -0.1) is 0 Å². The van der Waals surface area contributed by atoms with E-state index in [0.29, 0.717) is 12.5 Å².